The Morgan fingerprint density at radius 2 is 1.75 bits per heavy atom. The molecule has 13 heteroatoms. The quantitative estimate of drug-likeness (QED) is 0.504. The zero-order chi connectivity index (χ0) is 23.7. The van der Waals surface area contributed by atoms with Gasteiger partial charge in [0.15, 0.2) is 9.92 Å². The molecule has 7 nitrogen and oxygen atoms in total. The van der Waals surface area contributed by atoms with Crippen molar-refractivity contribution in [3.63, 3.8) is 0 Å². The van der Waals surface area contributed by atoms with Gasteiger partial charge in [0.05, 0.1) is 6.20 Å². The number of aliphatic hydroxyl groups is 1. The molecule has 1 atom stereocenters. The topological polar surface area (TPSA) is 118 Å². The molecule has 1 unspecified atom stereocenters. The van der Waals surface area contributed by atoms with E-state index in [0.29, 0.717) is 5.01 Å². The number of nitrogens with one attached hydrogen (secondary N) is 1. The van der Waals surface area contributed by atoms with Crippen molar-refractivity contribution in [2.24, 2.45) is 9.50 Å². The van der Waals surface area contributed by atoms with E-state index in [9.17, 15) is 14.1 Å². The number of anilines is 1. The summed E-state index contributed by atoms with van der Waals surface area (Å²) in [5.41, 5.74) is 4.47. The summed E-state index contributed by atoms with van der Waals surface area (Å²) in [4.78, 5) is 17.1. The molecule has 0 fully saturated rings. The van der Waals surface area contributed by atoms with Crippen molar-refractivity contribution in [2.45, 2.75) is 59.8 Å². The summed E-state index contributed by atoms with van der Waals surface area (Å²) >= 11 is 0.999. The molecule has 0 spiro atoms. The first-order valence-corrected chi connectivity index (χ1v) is 13.3. The van der Waals surface area contributed by atoms with E-state index in [1.807, 2.05) is 0 Å². The van der Waals surface area contributed by atoms with Crippen LogP contribution in [0.4, 0.5) is 10.5 Å². The molecule has 0 bridgehead atoms. The van der Waals surface area contributed by atoms with Gasteiger partial charge in [-0.05, 0) is 48.9 Å². The summed E-state index contributed by atoms with van der Waals surface area (Å²) in [6, 6.07) is 1.58. The van der Waals surface area contributed by atoms with E-state index in [1.165, 1.54) is 17.3 Å². The second kappa shape index (κ2) is 7.48. The van der Waals surface area contributed by atoms with Gasteiger partial charge in [0.1, 0.15) is 46.2 Å². The number of aromatic nitrogens is 1. The van der Waals surface area contributed by atoms with E-state index in [4.69, 9.17) is 5.14 Å². The van der Waals surface area contributed by atoms with Crippen LogP contribution in [0.1, 0.15) is 54.0 Å². The van der Waals surface area contributed by atoms with Crippen molar-refractivity contribution < 1.29 is 14.1 Å². The van der Waals surface area contributed by atoms with Gasteiger partial charge in [-0.2, -0.15) is 0 Å². The fourth-order valence-electron chi connectivity index (χ4n) is 4.99. The van der Waals surface area contributed by atoms with Crippen molar-refractivity contribution in [1.29, 1.82) is 0 Å². The lowest BCUT2D eigenvalue weighted by Crippen LogP contribution is -2.30. The number of hydrogen-bond acceptors (Lipinski definition) is 5. The van der Waals surface area contributed by atoms with Crippen LogP contribution in [0, 0.1) is 0 Å². The number of nitrogens with two attached hydrogens (primary N) is 1. The molecule has 2 amide bonds. The summed E-state index contributed by atoms with van der Waals surface area (Å²) in [5.74, 6) is 0. The van der Waals surface area contributed by atoms with Crippen LogP contribution >= 0.6 is 11.3 Å². The van der Waals surface area contributed by atoms with Gasteiger partial charge < -0.3 is 10.4 Å². The first kappa shape index (κ1) is 23.6. The first-order valence-electron chi connectivity index (χ1n) is 10.9. The average molecular weight is 468 g/mol. The maximum absolute atomic E-state index is 13.1. The van der Waals surface area contributed by atoms with Gasteiger partial charge in [0.2, 0.25) is 0 Å². The molecule has 2 aromatic rings. The van der Waals surface area contributed by atoms with Crippen LogP contribution in [0.5, 0.6) is 0 Å². The summed E-state index contributed by atoms with van der Waals surface area (Å²) < 4.78 is 17.1. The van der Waals surface area contributed by atoms with Crippen LogP contribution in [0.25, 0.3) is 0 Å². The molecular formula is C19H28B4N4O3S2. The van der Waals surface area contributed by atoms with Gasteiger partial charge in [0, 0.05) is 5.69 Å². The maximum atomic E-state index is 13.1. The van der Waals surface area contributed by atoms with Crippen molar-refractivity contribution in [3.8, 4) is 0 Å². The van der Waals surface area contributed by atoms with E-state index in [0.717, 1.165) is 53.8 Å². The highest BCUT2D eigenvalue weighted by molar-refractivity contribution is 7.93. The number of hydrogen-bond donors (Lipinski definition) is 3. The minimum Gasteiger partial charge on any atom is -0.383 e. The summed E-state index contributed by atoms with van der Waals surface area (Å²) in [6.07, 6.45) is 5.30. The number of amides is 2. The number of thiazole rings is 1. The number of benzene rings is 1. The third-order valence-electron chi connectivity index (χ3n) is 6.63. The smallest absolute Gasteiger partial charge is 0.354 e. The predicted octanol–water partition coefficient (Wildman–Crippen LogP) is -0.966. The van der Waals surface area contributed by atoms with Gasteiger partial charge in [0.25, 0.3) is 0 Å². The SMILES string of the molecule is BC1(B)CCc2cc3c(c(NC(=O)N=S(N)(=O)c4cnc(C(C)(C)O)s4)c21)C(B)(B)CC3. The molecule has 0 aliphatic heterocycles. The number of urea groups is 1. The monoisotopic (exact) mass is 468 g/mol. The molecule has 166 valence electrons. The first-order chi connectivity index (χ1) is 14.6. The van der Waals surface area contributed by atoms with Gasteiger partial charge >= 0.3 is 6.03 Å². The Morgan fingerprint density at radius 1 is 1.22 bits per heavy atom. The molecule has 32 heavy (non-hydrogen) atoms. The van der Waals surface area contributed by atoms with E-state index < -0.39 is 21.5 Å². The molecular weight excluding hydrogens is 440 g/mol. The number of carbonyl (C=O) groups is 1. The van der Waals surface area contributed by atoms with Crippen LogP contribution in [0.3, 0.4) is 0 Å². The molecule has 1 heterocycles. The average Bonchev–Trinajstić information content (AvgIpc) is 3.31. The minimum absolute atomic E-state index is 0.0744. The van der Waals surface area contributed by atoms with Crippen LogP contribution in [-0.2, 0) is 38.8 Å². The normalized spacial score (nSPS) is 20.2. The fraction of sp³-hybridized carbons (Fsp3) is 0.474. The van der Waals surface area contributed by atoms with Gasteiger partial charge in [-0.15, -0.1) is 15.7 Å². The molecule has 0 saturated heterocycles. The number of carbonyl (C=O) groups excluding carboxylic acids is 1. The highest BCUT2D eigenvalue weighted by Gasteiger charge is 2.40. The van der Waals surface area contributed by atoms with Gasteiger partial charge in [-0.25, -0.2) is 19.1 Å². The Morgan fingerprint density at radius 3 is 2.22 bits per heavy atom. The Bertz CT molecular complexity index is 1200. The van der Waals surface area contributed by atoms with E-state index in [1.54, 1.807) is 13.8 Å². The molecule has 1 aromatic carbocycles. The lowest BCUT2D eigenvalue weighted by atomic mass is 9.48. The largest absolute Gasteiger partial charge is 0.383 e. The van der Waals surface area contributed by atoms with E-state index in [-0.39, 0.29) is 14.6 Å². The molecule has 0 radical (unpaired) electrons. The highest BCUT2D eigenvalue weighted by atomic mass is 32.2. The summed E-state index contributed by atoms with van der Waals surface area (Å²) in [7, 11) is 5.29. The Kier molecular flexibility index (Phi) is 5.52. The fourth-order valence-corrected chi connectivity index (χ4v) is 7.05. The molecule has 0 saturated carbocycles. The minimum atomic E-state index is -3.50. The standard InChI is InChI=1S/C19H28B4N4O3S2/c1-17(2,29)15-25-8-11(31-15)32(24,30)27-16(28)26-14-12-9(3-5-18(12,20)21)7-10-4-6-19(22,23)13(10)14/h7-8,29H,3-6,20-23H2,1-2H3,(H3,24,26,27,28,30). The second-order valence-electron chi connectivity index (χ2n) is 10.7. The van der Waals surface area contributed by atoms with Crippen molar-refractivity contribution in [2.75, 3.05) is 5.32 Å². The maximum Gasteiger partial charge on any atom is 0.354 e. The summed E-state index contributed by atoms with van der Waals surface area (Å²) in [6.45, 7) is 3.16. The molecule has 2 aliphatic carbocycles. The Hall–Kier alpha value is -1.55. The lowest BCUT2D eigenvalue weighted by molar-refractivity contribution is 0.0783. The van der Waals surface area contributed by atoms with Crippen LogP contribution < -0.4 is 10.5 Å². The van der Waals surface area contributed by atoms with Crippen LogP contribution in [-0.4, -0.2) is 51.7 Å². The molecule has 2 aliphatic rings. The molecule has 4 rings (SSSR count). The number of fused-ring (bicyclic) bond motifs is 2. The second-order valence-corrected chi connectivity index (χ2v) is 13.8. The van der Waals surface area contributed by atoms with E-state index >= 15 is 0 Å². The number of rotatable bonds is 3. The highest BCUT2D eigenvalue weighted by Crippen LogP contribution is 2.48. The Labute approximate surface area is 197 Å². The number of aryl methyl sites for hydroxylation is 2. The van der Waals surface area contributed by atoms with E-state index in [2.05, 4.69) is 52.1 Å². The van der Waals surface area contributed by atoms with Crippen LogP contribution in [0.2, 0.25) is 0 Å². The van der Waals surface area contributed by atoms with Crippen molar-refractivity contribution in [3.05, 3.63) is 39.5 Å². The third-order valence-corrected chi connectivity index (χ3v) is 9.82. The molecule has 4 N–H and O–H groups in total. The third kappa shape index (κ3) is 4.08. The lowest BCUT2D eigenvalue weighted by Gasteiger charge is -2.29. The zero-order valence-corrected chi connectivity index (χ0v) is 21.2. The van der Waals surface area contributed by atoms with Crippen molar-refractivity contribution >= 4 is 64.4 Å². The molecule has 1 aromatic heterocycles. The predicted molar refractivity (Wildman–Crippen MR) is 140 cm³/mol. The van der Waals surface area contributed by atoms with Gasteiger partial charge in [-0.3, -0.25) is 0 Å². The van der Waals surface area contributed by atoms with Crippen LogP contribution in [0.15, 0.2) is 20.8 Å². The zero-order valence-electron chi connectivity index (χ0n) is 19.5. The van der Waals surface area contributed by atoms with Crippen molar-refractivity contribution in [1.82, 2.24) is 4.98 Å². The summed E-state index contributed by atoms with van der Waals surface area (Å²) in [5, 5.41) is 19.3. The number of nitrogens with zero attached hydrogens (tertiary/aromatic N) is 2. The Balaban J connectivity index is 1.76. The van der Waals surface area contributed by atoms with Gasteiger partial charge in [-0.1, -0.05) is 29.3 Å².